The lowest BCUT2D eigenvalue weighted by atomic mass is 10.1. The van der Waals surface area contributed by atoms with E-state index in [0.717, 1.165) is 0 Å². The normalized spacial score (nSPS) is 41.1. The van der Waals surface area contributed by atoms with Crippen molar-refractivity contribution in [3.8, 4) is 0 Å². The molecule has 2 N–H and O–H groups in total. The van der Waals surface area contributed by atoms with Crippen molar-refractivity contribution in [2.75, 3.05) is 0 Å². The summed E-state index contributed by atoms with van der Waals surface area (Å²) in [6, 6.07) is 0.600. The zero-order valence-electron chi connectivity index (χ0n) is 6.64. The number of hydrogen-bond donors (Lipinski definition) is 2. The Morgan fingerprint density at radius 3 is 2.30 bits per heavy atom. The molecule has 0 bridgehead atoms. The summed E-state index contributed by atoms with van der Waals surface area (Å²) in [4.78, 5) is 11.0. The van der Waals surface area contributed by atoms with Gasteiger partial charge in [0.1, 0.15) is 0 Å². The fraction of sp³-hybridized carbons (Fsp3) is 0.857. The van der Waals surface area contributed by atoms with Crippen LogP contribution in [0.1, 0.15) is 20.8 Å². The molecule has 1 aliphatic rings. The van der Waals surface area contributed by atoms with Crippen molar-refractivity contribution in [1.29, 1.82) is 0 Å². The summed E-state index contributed by atoms with van der Waals surface area (Å²) in [5, 5.41) is 6.04. The van der Waals surface area contributed by atoms with Gasteiger partial charge in [0.15, 0.2) is 0 Å². The van der Waals surface area contributed by atoms with Gasteiger partial charge in [0, 0.05) is 12.1 Å². The van der Waals surface area contributed by atoms with Gasteiger partial charge in [0.05, 0.1) is 6.04 Å². The Labute approximate surface area is 61.2 Å². The van der Waals surface area contributed by atoms with Crippen molar-refractivity contribution >= 4 is 5.91 Å². The van der Waals surface area contributed by atoms with Gasteiger partial charge in [-0.1, -0.05) is 0 Å². The van der Waals surface area contributed by atoms with E-state index in [4.69, 9.17) is 0 Å². The number of carbonyl (C=O) groups is 1. The summed E-state index contributed by atoms with van der Waals surface area (Å²) in [6.45, 7) is 5.94. The maximum absolute atomic E-state index is 11.0. The van der Waals surface area contributed by atoms with E-state index in [0.29, 0.717) is 6.04 Å². The molecule has 10 heavy (non-hydrogen) atoms. The molecular formula is C7H14N2O. The van der Waals surface area contributed by atoms with Crippen LogP contribution in [0, 0.1) is 0 Å². The molecule has 3 atom stereocenters. The first-order chi connectivity index (χ1) is 4.61. The first-order valence-corrected chi connectivity index (χ1v) is 3.67. The predicted octanol–water partition coefficient (Wildman–Crippen LogP) is -0.129. The van der Waals surface area contributed by atoms with Crippen LogP contribution < -0.4 is 10.6 Å². The van der Waals surface area contributed by atoms with E-state index in [1.807, 2.05) is 13.8 Å². The van der Waals surface area contributed by atoms with Gasteiger partial charge < -0.3 is 10.6 Å². The Morgan fingerprint density at radius 2 is 1.80 bits per heavy atom. The first-order valence-electron chi connectivity index (χ1n) is 3.67. The zero-order chi connectivity index (χ0) is 7.72. The summed E-state index contributed by atoms with van der Waals surface area (Å²) in [6.07, 6.45) is 0. The van der Waals surface area contributed by atoms with Crippen LogP contribution in [-0.4, -0.2) is 24.0 Å². The summed E-state index contributed by atoms with van der Waals surface area (Å²) in [5.74, 6) is 0.102. The van der Waals surface area contributed by atoms with Crippen molar-refractivity contribution in [3.05, 3.63) is 0 Å². The Hall–Kier alpha value is -0.570. The van der Waals surface area contributed by atoms with Gasteiger partial charge in [-0.15, -0.1) is 0 Å². The Bertz CT molecular complexity index is 147. The number of amides is 1. The summed E-state index contributed by atoms with van der Waals surface area (Å²) < 4.78 is 0. The third-order valence-corrected chi connectivity index (χ3v) is 2.03. The molecule has 0 aromatic carbocycles. The number of hydrogen-bond acceptors (Lipinski definition) is 2. The minimum Gasteiger partial charge on any atom is -0.351 e. The van der Waals surface area contributed by atoms with Crippen molar-refractivity contribution < 1.29 is 4.79 Å². The van der Waals surface area contributed by atoms with E-state index in [2.05, 4.69) is 17.6 Å². The monoisotopic (exact) mass is 142 g/mol. The minimum absolute atomic E-state index is 0.0359. The molecule has 1 amide bonds. The fourth-order valence-electron chi connectivity index (χ4n) is 1.09. The van der Waals surface area contributed by atoms with E-state index in [9.17, 15) is 4.79 Å². The molecule has 58 valence electrons. The number of nitrogens with one attached hydrogen (secondary N) is 2. The van der Waals surface area contributed by atoms with Crippen molar-refractivity contribution in [2.45, 2.75) is 38.9 Å². The van der Waals surface area contributed by atoms with Crippen LogP contribution in [0.15, 0.2) is 0 Å². The number of rotatable bonds is 0. The maximum atomic E-state index is 11.0. The molecule has 1 fully saturated rings. The Balaban J connectivity index is 2.54. The quantitative estimate of drug-likeness (QED) is 0.494. The van der Waals surface area contributed by atoms with Crippen LogP contribution in [0.3, 0.4) is 0 Å². The Kier molecular flexibility index (Phi) is 1.94. The third kappa shape index (κ3) is 1.29. The molecule has 0 radical (unpaired) electrons. The highest BCUT2D eigenvalue weighted by Crippen LogP contribution is 2.00. The average Bonchev–Trinajstić information content (AvgIpc) is 1.84. The Morgan fingerprint density at radius 1 is 1.20 bits per heavy atom. The molecule has 1 saturated heterocycles. The maximum Gasteiger partial charge on any atom is 0.237 e. The van der Waals surface area contributed by atoms with Gasteiger partial charge in [-0.3, -0.25) is 4.79 Å². The van der Waals surface area contributed by atoms with Gasteiger partial charge in [-0.25, -0.2) is 0 Å². The van der Waals surface area contributed by atoms with Gasteiger partial charge >= 0.3 is 0 Å². The topological polar surface area (TPSA) is 41.1 Å². The summed E-state index contributed by atoms with van der Waals surface area (Å²) in [7, 11) is 0. The molecule has 0 aromatic heterocycles. The van der Waals surface area contributed by atoms with Crippen LogP contribution in [0.25, 0.3) is 0 Å². The molecule has 0 aromatic rings. The molecule has 1 aliphatic heterocycles. The van der Waals surface area contributed by atoms with Crippen LogP contribution in [0.5, 0.6) is 0 Å². The summed E-state index contributed by atoms with van der Waals surface area (Å²) in [5.41, 5.74) is 0. The molecular weight excluding hydrogens is 128 g/mol. The number of piperazine rings is 1. The van der Waals surface area contributed by atoms with E-state index < -0.39 is 0 Å². The largest absolute Gasteiger partial charge is 0.351 e. The highest BCUT2D eigenvalue weighted by molar-refractivity contribution is 5.82. The van der Waals surface area contributed by atoms with Crippen LogP contribution in [-0.2, 0) is 4.79 Å². The van der Waals surface area contributed by atoms with E-state index >= 15 is 0 Å². The molecule has 1 heterocycles. The van der Waals surface area contributed by atoms with Gasteiger partial charge in [0.2, 0.25) is 5.91 Å². The predicted molar refractivity (Wildman–Crippen MR) is 39.7 cm³/mol. The first kappa shape index (κ1) is 7.54. The second kappa shape index (κ2) is 2.58. The SMILES string of the molecule is C[C@@H]1N[C@@H](C)[C@@H](C)NC1=O. The van der Waals surface area contributed by atoms with Crippen molar-refractivity contribution in [1.82, 2.24) is 10.6 Å². The second-order valence-corrected chi connectivity index (χ2v) is 2.97. The molecule has 0 spiro atoms. The van der Waals surface area contributed by atoms with E-state index in [1.54, 1.807) is 0 Å². The smallest absolute Gasteiger partial charge is 0.237 e. The van der Waals surface area contributed by atoms with Gasteiger partial charge in [-0.05, 0) is 20.8 Å². The van der Waals surface area contributed by atoms with Crippen molar-refractivity contribution in [3.63, 3.8) is 0 Å². The fourth-order valence-corrected chi connectivity index (χ4v) is 1.09. The number of carbonyl (C=O) groups excluding carboxylic acids is 1. The van der Waals surface area contributed by atoms with Crippen LogP contribution in [0.4, 0.5) is 0 Å². The molecule has 1 rings (SSSR count). The highest BCUT2D eigenvalue weighted by Gasteiger charge is 2.26. The zero-order valence-corrected chi connectivity index (χ0v) is 6.64. The van der Waals surface area contributed by atoms with Crippen LogP contribution >= 0.6 is 0 Å². The molecule has 0 saturated carbocycles. The highest BCUT2D eigenvalue weighted by atomic mass is 16.2. The van der Waals surface area contributed by atoms with Gasteiger partial charge in [0.25, 0.3) is 0 Å². The lowest BCUT2D eigenvalue weighted by molar-refractivity contribution is -0.125. The molecule has 0 aliphatic carbocycles. The van der Waals surface area contributed by atoms with Crippen LogP contribution in [0.2, 0.25) is 0 Å². The second-order valence-electron chi connectivity index (χ2n) is 2.97. The van der Waals surface area contributed by atoms with Crippen molar-refractivity contribution in [2.24, 2.45) is 0 Å². The van der Waals surface area contributed by atoms with Gasteiger partial charge in [-0.2, -0.15) is 0 Å². The average molecular weight is 142 g/mol. The molecule has 3 heteroatoms. The third-order valence-electron chi connectivity index (χ3n) is 2.03. The standard InChI is InChI=1S/C7H14N2O/c1-4-5(2)9-7(10)6(3)8-4/h4-6,8H,1-3H3,(H,9,10)/t4-,5+,6-/m0/s1. The lowest BCUT2D eigenvalue weighted by Crippen LogP contribution is -2.60. The lowest BCUT2D eigenvalue weighted by Gasteiger charge is -2.31. The minimum atomic E-state index is -0.0359. The molecule has 0 unspecified atom stereocenters. The van der Waals surface area contributed by atoms with E-state index in [-0.39, 0.29) is 18.0 Å². The molecule has 3 nitrogen and oxygen atoms in total. The van der Waals surface area contributed by atoms with E-state index in [1.165, 1.54) is 0 Å². The summed E-state index contributed by atoms with van der Waals surface area (Å²) >= 11 is 0.